The van der Waals surface area contributed by atoms with Crippen LogP contribution in [0.25, 0.3) is 0 Å². The molecule has 0 saturated carbocycles. The summed E-state index contributed by atoms with van der Waals surface area (Å²) < 4.78 is 58.5. The van der Waals surface area contributed by atoms with Gasteiger partial charge in [0.25, 0.3) is 10.0 Å². The largest absolute Gasteiger partial charge is 0.497 e. The zero-order valence-electron chi connectivity index (χ0n) is 25.2. The molecule has 0 aromatic heterocycles. The molecular weight excluding hydrogens is 577 g/mol. The SMILES string of the molecule is COc1ccc(CN(C(=O)CN(c2ccc(F)cc2)S(=O)(=O)c2ccc(OC)c(OC)c2)[C@@H](C)C(=O)NCC(C)C)cc1. The van der Waals surface area contributed by atoms with Crippen LogP contribution in [0.4, 0.5) is 10.1 Å². The van der Waals surface area contributed by atoms with Crippen molar-refractivity contribution in [3.05, 3.63) is 78.1 Å². The number of hydrogen-bond donors (Lipinski definition) is 1. The van der Waals surface area contributed by atoms with E-state index in [0.29, 0.717) is 23.6 Å². The molecule has 2 amide bonds. The number of methoxy groups -OCH3 is 3. The van der Waals surface area contributed by atoms with Gasteiger partial charge in [-0.05, 0) is 66.9 Å². The molecule has 3 rings (SSSR count). The second kappa shape index (κ2) is 14.7. The van der Waals surface area contributed by atoms with Crippen molar-refractivity contribution in [2.24, 2.45) is 5.92 Å². The van der Waals surface area contributed by atoms with Gasteiger partial charge in [0.05, 0.1) is 31.9 Å². The molecule has 0 radical (unpaired) electrons. The summed E-state index contributed by atoms with van der Waals surface area (Å²) in [6.07, 6.45) is 0. The number of amides is 2. The first-order chi connectivity index (χ1) is 20.4. The van der Waals surface area contributed by atoms with Gasteiger partial charge in [-0.1, -0.05) is 26.0 Å². The number of carbonyl (C=O) groups excluding carboxylic acids is 2. The quantitative estimate of drug-likeness (QED) is 0.289. The number of sulfonamides is 1. The summed E-state index contributed by atoms with van der Waals surface area (Å²) in [5, 5.41) is 2.84. The van der Waals surface area contributed by atoms with Gasteiger partial charge in [-0.2, -0.15) is 0 Å². The fourth-order valence-electron chi connectivity index (χ4n) is 4.20. The second-order valence-electron chi connectivity index (χ2n) is 10.2. The summed E-state index contributed by atoms with van der Waals surface area (Å²) in [5.41, 5.74) is 0.764. The Morgan fingerprint density at radius 2 is 1.49 bits per heavy atom. The van der Waals surface area contributed by atoms with Gasteiger partial charge in [0, 0.05) is 19.2 Å². The van der Waals surface area contributed by atoms with E-state index in [2.05, 4.69) is 5.32 Å². The Morgan fingerprint density at radius 1 is 0.860 bits per heavy atom. The van der Waals surface area contributed by atoms with Gasteiger partial charge in [-0.15, -0.1) is 0 Å². The van der Waals surface area contributed by atoms with Crippen molar-refractivity contribution in [2.75, 3.05) is 38.7 Å². The van der Waals surface area contributed by atoms with Gasteiger partial charge in [-0.3, -0.25) is 13.9 Å². The molecule has 0 aliphatic carbocycles. The minimum atomic E-state index is -4.39. The maximum atomic E-state index is 14.0. The lowest BCUT2D eigenvalue weighted by Gasteiger charge is -2.32. The molecular formula is C31H38FN3O7S. The summed E-state index contributed by atoms with van der Waals surface area (Å²) in [5.74, 6) is -0.309. The minimum Gasteiger partial charge on any atom is -0.497 e. The number of hydrogen-bond acceptors (Lipinski definition) is 7. The highest BCUT2D eigenvalue weighted by molar-refractivity contribution is 7.92. The highest BCUT2D eigenvalue weighted by atomic mass is 32.2. The average molecular weight is 616 g/mol. The second-order valence-corrected chi connectivity index (χ2v) is 12.1. The molecule has 0 heterocycles. The van der Waals surface area contributed by atoms with Gasteiger partial charge in [0.15, 0.2) is 11.5 Å². The summed E-state index contributed by atoms with van der Waals surface area (Å²) >= 11 is 0. The Bertz CT molecular complexity index is 1500. The molecule has 3 aromatic carbocycles. The van der Waals surface area contributed by atoms with E-state index < -0.39 is 34.3 Å². The van der Waals surface area contributed by atoms with E-state index in [1.54, 1.807) is 31.2 Å². The van der Waals surface area contributed by atoms with Crippen molar-refractivity contribution in [2.45, 2.75) is 38.3 Å². The number of halogens is 1. The molecule has 1 atom stereocenters. The number of ether oxygens (including phenoxy) is 3. The van der Waals surface area contributed by atoms with Crippen LogP contribution < -0.4 is 23.8 Å². The van der Waals surface area contributed by atoms with E-state index in [-0.39, 0.29) is 34.7 Å². The number of nitrogens with one attached hydrogen (secondary N) is 1. The maximum Gasteiger partial charge on any atom is 0.264 e. The Kier molecular flexibility index (Phi) is 11.4. The molecule has 0 bridgehead atoms. The summed E-state index contributed by atoms with van der Waals surface area (Å²) in [7, 11) is -0.0598. The van der Waals surface area contributed by atoms with Crippen LogP contribution in [0.5, 0.6) is 17.2 Å². The van der Waals surface area contributed by atoms with E-state index in [9.17, 15) is 22.4 Å². The Balaban J connectivity index is 2.04. The Hall–Kier alpha value is -4.32. The van der Waals surface area contributed by atoms with Crippen LogP contribution in [0.1, 0.15) is 26.3 Å². The monoisotopic (exact) mass is 615 g/mol. The first kappa shape index (κ1) is 33.2. The molecule has 232 valence electrons. The molecule has 0 saturated heterocycles. The lowest BCUT2D eigenvalue weighted by molar-refractivity contribution is -0.139. The predicted molar refractivity (Wildman–Crippen MR) is 161 cm³/mol. The number of rotatable bonds is 14. The van der Waals surface area contributed by atoms with E-state index in [1.165, 1.54) is 56.6 Å². The van der Waals surface area contributed by atoms with Crippen LogP contribution >= 0.6 is 0 Å². The number of anilines is 1. The van der Waals surface area contributed by atoms with Crippen LogP contribution in [0, 0.1) is 11.7 Å². The van der Waals surface area contributed by atoms with Gasteiger partial charge < -0.3 is 24.4 Å². The molecule has 0 spiro atoms. The lowest BCUT2D eigenvalue weighted by atomic mass is 10.1. The molecule has 0 unspecified atom stereocenters. The summed E-state index contributed by atoms with van der Waals surface area (Å²) in [6, 6.07) is 14.8. The highest BCUT2D eigenvalue weighted by Crippen LogP contribution is 2.32. The topological polar surface area (TPSA) is 114 Å². The molecule has 0 aliphatic heterocycles. The number of nitrogens with zero attached hydrogens (tertiary/aromatic N) is 2. The molecule has 43 heavy (non-hydrogen) atoms. The van der Waals surface area contributed by atoms with Gasteiger partial charge in [0.2, 0.25) is 11.8 Å². The fourth-order valence-corrected chi connectivity index (χ4v) is 5.63. The first-order valence-electron chi connectivity index (χ1n) is 13.6. The number of benzene rings is 3. The molecule has 0 fully saturated rings. The Labute approximate surface area is 252 Å². The summed E-state index contributed by atoms with van der Waals surface area (Å²) in [4.78, 5) is 28.2. The molecule has 12 heteroatoms. The first-order valence-corrected chi connectivity index (χ1v) is 15.1. The van der Waals surface area contributed by atoms with Gasteiger partial charge in [-0.25, -0.2) is 12.8 Å². The van der Waals surface area contributed by atoms with Crippen molar-refractivity contribution >= 4 is 27.5 Å². The third-order valence-electron chi connectivity index (χ3n) is 6.70. The minimum absolute atomic E-state index is 0.0206. The van der Waals surface area contributed by atoms with Crippen molar-refractivity contribution < 1.29 is 36.6 Å². The lowest BCUT2D eigenvalue weighted by Crippen LogP contribution is -2.51. The van der Waals surface area contributed by atoms with E-state index in [1.807, 2.05) is 13.8 Å². The fraction of sp³-hybridized carbons (Fsp3) is 0.355. The third kappa shape index (κ3) is 8.38. The van der Waals surface area contributed by atoms with Crippen LogP contribution in [-0.2, 0) is 26.2 Å². The Morgan fingerprint density at radius 3 is 2.05 bits per heavy atom. The van der Waals surface area contributed by atoms with Crippen molar-refractivity contribution in [1.82, 2.24) is 10.2 Å². The van der Waals surface area contributed by atoms with Crippen LogP contribution in [-0.4, -0.2) is 65.6 Å². The average Bonchev–Trinajstić information content (AvgIpc) is 3.01. The van der Waals surface area contributed by atoms with Crippen molar-refractivity contribution in [3.8, 4) is 17.2 Å². The highest BCUT2D eigenvalue weighted by Gasteiger charge is 2.33. The third-order valence-corrected chi connectivity index (χ3v) is 8.47. The van der Waals surface area contributed by atoms with Gasteiger partial charge >= 0.3 is 0 Å². The van der Waals surface area contributed by atoms with E-state index in [0.717, 1.165) is 16.4 Å². The predicted octanol–water partition coefficient (Wildman–Crippen LogP) is 4.24. The van der Waals surface area contributed by atoms with Crippen LogP contribution in [0.3, 0.4) is 0 Å². The van der Waals surface area contributed by atoms with Crippen LogP contribution in [0.15, 0.2) is 71.6 Å². The normalized spacial score (nSPS) is 11.9. The van der Waals surface area contributed by atoms with Crippen molar-refractivity contribution in [1.29, 1.82) is 0 Å². The maximum absolute atomic E-state index is 14.0. The molecule has 10 nitrogen and oxygen atoms in total. The number of carbonyl (C=O) groups is 2. The molecule has 1 N–H and O–H groups in total. The smallest absolute Gasteiger partial charge is 0.264 e. The van der Waals surface area contributed by atoms with E-state index >= 15 is 0 Å². The van der Waals surface area contributed by atoms with Gasteiger partial charge in [0.1, 0.15) is 24.2 Å². The van der Waals surface area contributed by atoms with Crippen molar-refractivity contribution in [3.63, 3.8) is 0 Å². The standard InChI is InChI=1S/C31H38FN3O7S/c1-21(2)18-33-31(37)22(3)34(19-23-7-13-26(40-4)14-8-23)30(36)20-35(25-11-9-24(32)10-12-25)43(38,39)27-15-16-28(41-5)29(17-27)42-6/h7-17,21-22H,18-20H2,1-6H3,(H,33,37)/t22-/m0/s1. The summed E-state index contributed by atoms with van der Waals surface area (Å²) in [6.45, 7) is 5.24. The van der Waals surface area contributed by atoms with Crippen LogP contribution in [0.2, 0.25) is 0 Å². The molecule has 3 aromatic rings. The zero-order chi connectivity index (χ0) is 31.7. The molecule has 0 aliphatic rings. The van der Waals surface area contributed by atoms with E-state index in [4.69, 9.17) is 14.2 Å². The zero-order valence-corrected chi connectivity index (χ0v) is 26.0.